The molecule has 2 amide bonds. The van der Waals surface area contributed by atoms with E-state index < -0.39 is 0 Å². The van der Waals surface area contributed by atoms with E-state index in [1.54, 1.807) is 6.07 Å². The van der Waals surface area contributed by atoms with Crippen LogP contribution in [0.4, 0.5) is 14.9 Å². The lowest BCUT2D eigenvalue weighted by Gasteiger charge is -2.33. The van der Waals surface area contributed by atoms with Gasteiger partial charge < -0.3 is 10.2 Å². The van der Waals surface area contributed by atoms with Crippen LogP contribution in [-0.2, 0) is 0 Å². The molecule has 0 spiro atoms. The molecule has 1 aromatic carbocycles. The topological polar surface area (TPSA) is 32.3 Å². The number of carbonyl (C=O) groups is 1. The molecule has 19 heavy (non-hydrogen) atoms. The van der Waals surface area contributed by atoms with E-state index >= 15 is 0 Å². The van der Waals surface area contributed by atoms with Crippen LogP contribution in [-0.4, -0.2) is 23.5 Å². The third kappa shape index (κ3) is 3.26. The number of benzene rings is 1. The molecule has 1 aliphatic heterocycles. The van der Waals surface area contributed by atoms with Crippen molar-refractivity contribution in [2.45, 2.75) is 39.2 Å². The lowest BCUT2D eigenvalue weighted by atomic mass is 10.0. The van der Waals surface area contributed by atoms with Gasteiger partial charge in [0.05, 0.1) is 4.47 Å². The second kappa shape index (κ2) is 5.90. The summed E-state index contributed by atoms with van der Waals surface area (Å²) in [4.78, 5) is 14.0. The third-order valence-electron chi connectivity index (χ3n) is 3.57. The number of hydrogen-bond acceptors (Lipinski definition) is 1. The van der Waals surface area contributed by atoms with E-state index in [9.17, 15) is 9.18 Å². The van der Waals surface area contributed by atoms with Gasteiger partial charge >= 0.3 is 6.03 Å². The Morgan fingerprint density at radius 3 is 2.89 bits per heavy atom. The predicted molar refractivity (Wildman–Crippen MR) is 77.9 cm³/mol. The molecule has 1 N–H and O–H groups in total. The molecule has 1 atom stereocenters. The average Bonchev–Trinajstić information content (AvgIpc) is 2.36. The highest BCUT2D eigenvalue weighted by molar-refractivity contribution is 9.10. The minimum atomic E-state index is -0.368. The Morgan fingerprint density at radius 1 is 1.47 bits per heavy atom. The van der Waals surface area contributed by atoms with E-state index in [0.29, 0.717) is 10.2 Å². The number of urea groups is 1. The minimum absolute atomic E-state index is 0.142. The summed E-state index contributed by atoms with van der Waals surface area (Å²) in [7, 11) is 0. The number of piperidine rings is 1. The summed E-state index contributed by atoms with van der Waals surface area (Å²) < 4.78 is 13.9. The normalized spacial score (nSPS) is 19.4. The molecule has 1 aromatic rings. The summed E-state index contributed by atoms with van der Waals surface area (Å²) in [6.45, 7) is 4.66. The van der Waals surface area contributed by atoms with Crippen LogP contribution in [0.3, 0.4) is 0 Å². The zero-order chi connectivity index (χ0) is 14.0. The first-order valence-electron chi connectivity index (χ1n) is 6.52. The van der Waals surface area contributed by atoms with E-state index in [1.165, 1.54) is 6.07 Å². The van der Waals surface area contributed by atoms with Crippen LogP contribution in [0.25, 0.3) is 0 Å². The molecule has 1 unspecified atom stereocenters. The Labute approximate surface area is 121 Å². The van der Waals surface area contributed by atoms with Gasteiger partial charge in [-0.05, 0) is 66.7 Å². The van der Waals surface area contributed by atoms with Crippen LogP contribution in [0, 0.1) is 12.7 Å². The van der Waals surface area contributed by atoms with Crippen molar-refractivity contribution in [2.75, 3.05) is 11.9 Å². The fourth-order valence-electron chi connectivity index (χ4n) is 2.37. The fraction of sp³-hybridized carbons (Fsp3) is 0.500. The van der Waals surface area contributed by atoms with Gasteiger partial charge in [-0.15, -0.1) is 0 Å². The molecule has 1 saturated heterocycles. The highest BCUT2D eigenvalue weighted by Gasteiger charge is 2.23. The molecule has 5 heteroatoms. The summed E-state index contributed by atoms with van der Waals surface area (Å²) in [5.41, 5.74) is 1.37. The molecule has 2 rings (SSSR count). The molecule has 0 aromatic heterocycles. The molecule has 1 fully saturated rings. The smallest absolute Gasteiger partial charge is 0.322 e. The van der Waals surface area contributed by atoms with Crippen LogP contribution < -0.4 is 5.32 Å². The van der Waals surface area contributed by atoms with Crippen molar-refractivity contribution in [3.8, 4) is 0 Å². The summed E-state index contributed by atoms with van der Waals surface area (Å²) in [6.07, 6.45) is 3.23. The van der Waals surface area contributed by atoms with Crippen LogP contribution in [0.1, 0.15) is 31.7 Å². The Hall–Kier alpha value is -1.10. The molecule has 1 heterocycles. The highest BCUT2D eigenvalue weighted by atomic mass is 79.9. The number of amides is 2. The maximum Gasteiger partial charge on any atom is 0.322 e. The van der Waals surface area contributed by atoms with E-state index in [2.05, 4.69) is 21.2 Å². The maximum absolute atomic E-state index is 13.5. The number of rotatable bonds is 1. The maximum atomic E-state index is 13.5. The van der Waals surface area contributed by atoms with Gasteiger partial charge in [0.2, 0.25) is 0 Å². The number of anilines is 1. The monoisotopic (exact) mass is 328 g/mol. The summed E-state index contributed by atoms with van der Waals surface area (Å²) >= 11 is 3.13. The van der Waals surface area contributed by atoms with Crippen molar-refractivity contribution in [3.05, 3.63) is 28.0 Å². The largest absolute Gasteiger partial charge is 0.322 e. The summed E-state index contributed by atoms with van der Waals surface area (Å²) in [6, 6.07) is 3.13. The van der Waals surface area contributed by atoms with Gasteiger partial charge in [-0.2, -0.15) is 0 Å². The predicted octanol–water partition coefficient (Wildman–Crippen LogP) is 4.30. The first kappa shape index (κ1) is 14.3. The molecule has 0 aliphatic carbocycles. The second-order valence-corrected chi connectivity index (χ2v) is 5.90. The Balaban J connectivity index is 2.12. The number of carbonyl (C=O) groups excluding carboxylic acids is 1. The van der Waals surface area contributed by atoms with Gasteiger partial charge in [0.25, 0.3) is 0 Å². The highest BCUT2D eigenvalue weighted by Crippen LogP contribution is 2.25. The molecule has 3 nitrogen and oxygen atoms in total. The van der Waals surface area contributed by atoms with E-state index in [4.69, 9.17) is 0 Å². The van der Waals surface area contributed by atoms with Gasteiger partial charge in [-0.25, -0.2) is 9.18 Å². The molecule has 0 bridgehead atoms. The minimum Gasteiger partial charge on any atom is -0.322 e. The number of aryl methyl sites for hydroxylation is 1. The third-order valence-corrected chi connectivity index (χ3v) is 4.18. The Morgan fingerprint density at radius 2 is 2.21 bits per heavy atom. The Kier molecular flexibility index (Phi) is 4.45. The second-order valence-electron chi connectivity index (χ2n) is 5.05. The van der Waals surface area contributed by atoms with Crippen molar-refractivity contribution in [1.29, 1.82) is 0 Å². The van der Waals surface area contributed by atoms with Gasteiger partial charge in [-0.3, -0.25) is 0 Å². The first-order chi connectivity index (χ1) is 8.99. The van der Waals surface area contributed by atoms with Crippen LogP contribution in [0.2, 0.25) is 0 Å². The lowest BCUT2D eigenvalue weighted by molar-refractivity contribution is 0.170. The molecular formula is C14H18BrFN2O. The number of nitrogens with one attached hydrogen (secondary N) is 1. The summed E-state index contributed by atoms with van der Waals surface area (Å²) in [5, 5.41) is 2.80. The molecule has 104 valence electrons. The number of nitrogens with zero attached hydrogens (tertiary/aromatic N) is 1. The molecule has 1 aliphatic rings. The number of halogens is 2. The zero-order valence-electron chi connectivity index (χ0n) is 11.2. The van der Waals surface area contributed by atoms with Gasteiger partial charge in [0.15, 0.2) is 0 Å². The van der Waals surface area contributed by atoms with Crippen LogP contribution >= 0.6 is 15.9 Å². The molecule has 0 radical (unpaired) electrons. The average molecular weight is 329 g/mol. The zero-order valence-corrected chi connectivity index (χ0v) is 12.8. The SMILES string of the molecule is Cc1cc(Br)c(F)cc1NC(=O)N1CCCCC1C. The van der Waals surface area contributed by atoms with Gasteiger partial charge in [-0.1, -0.05) is 0 Å². The lowest BCUT2D eigenvalue weighted by Crippen LogP contribution is -2.44. The molecule has 0 saturated carbocycles. The first-order valence-corrected chi connectivity index (χ1v) is 7.31. The summed E-state index contributed by atoms with van der Waals surface area (Å²) in [5.74, 6) is -0.368. The van der Waals surface area contributed by atoms with Gasteiger partial charge in [0.1, 0.15) is 5.82 Å². The molecular weight excluding hydrogens is 311 g/mol. The van der Waals surface area contributed by atoms with Crippen LogP contribution in [0.5, 0.6) is 0 Å². The van der Waals surface area contributed by atoms with E-state index in [1.807, 2.05) is 18.7 Å². The quantitative estimate of drug-likeness (QED) is 0.818. The van der Waals surface area contributed by atoms with Gasteiger partial charge in [0, 0.05) is 18.3 Å². The van der Waals surface area contributed by atoms with Crippen LogP contribution in [0.15, 0.2) is 16.6 Å². The number of likely N-dealkylation sites (tertiary alicyclic amines) is 1. The van der Waals surface area contributed by atoms with Crippen molar-refractivity contribution in [2.24, 2.45) is 0 Å². The van der Waals surface area contributed by atoms with E-state index in [0.717, 1.165) is 31.4 Å². The van der Waals surface area contributed by atoms with Crippen molar-refractivity contribution in [3.63, 3.8) is 0 Å². The van der Waals surface area contributed by atoms with Crippen molar-refractivity contribution >= 4 is 27.6 Å². The van der Waals surface area contributed by atoms with E-state index in [-0.39, 0.29) is 17.9 Å². The Bertz CT molecular complexity index is 493. The standard InChI is InChI=1S/C14H18BrFN2O/c1-9-7-11(15)12(16)8-13(9)17-14(19)18-6-4-3-5-10(18)2/h7-8,10H,3-6H2,1-2H3,(H,17,19). The fourth-order valence-corrected chi connectivity index (χ4v) is 2.83. The van der Waals surface area contributed by atoms with Crippen molar-refractivity contribution < 1.29 is 9.18 Å². The van der Waals surface area contributed by atoms with Crippen molar-refractivity contribution in [1.82, 2.24) is 4.90 Å². The number of hydrogen-bond donors (Lipinski definition) is 1.